The zero-order chi connectivity index (χ0) is 10.6. The van der Waals surface area contributed by atoms with E-state index >= 15 is 0 Å². The molecule has 5 heteroatoms. The van der Waals surface area contributed by atoms with Crippen LogP contribution in [-0.2, 0) is 9.53 Å². The van der Waals surface area contributed by atoms with Crippen LogP contribution in [0.15, 0.2) is 24.3 Å². The molecular weight excluding hydrogens is 295 g/mol. The number of ether oxygens (including phenoxy) is 1. The summed E-state index contributed by atoms with van der Waals surface area (Å²) in [7, 11) is 1.24. The summed E-state index contributed by atoms with van der Waals surface area (Å²) in [6, 6.07) is 7.04. The van der Waals surface area contributed by atoms with E-state index in [1.54, 1.807) is 18.2 Å². The molecule has 14 heavy (non-hydrogen) atoms. The number of nitrogens with zero attached hydrogens (tertiary/aromatic N) is 2. The van der Waals surface area contributed by atoms with Crippen LogP contribution in [0.5, 0.6) is 0 Å². The number of methoxy groups -OCH3 is 1. The SMILES string of the molecule is COC(=O)C(=[N+]=[N-])c1cccc(I)c1. The second-order valence-electron chi connectivity index (χ2n) is 2.45. The van der Waals surface area contributed by atoms with E-state index in [-0.39, 0.29) is 5.71 Å². The lowest BCUT2D eigenvalue weighted by Crippen LogP contribution is -2.18. The molecule has 0 fully saturated rings. The van der Waals surface area contributed by atoms with Crippen molar-refractivity contribution in [2.24, 2.45) is 0 Å². The number of carbonyl (C=O) groups is 1. The van der Waals surface area contributed by atoms with Crippen molar-refractivity contribution in [2.75, 3.05) is 7.11 Å². The van der Waals surface area contributed by atoms with Crippen LogP contribution in [-0.4, -0.2) is 23.6 Å². The van der Waals surface area contributed by atoms with E-state index < -0.39 is 5.97 Å². The van der Waals surface area contributed by atoms with Crippen molar-refractivity contribution in [3.63, 3.8) is 0 Å². The Morgan fingerprint density at radius 1 is 1.57 bits per heavy atom. The Morgan fingerprint density at radius 2 is 2.29 bits per heavy atom. The van der Waals surface area contributed by atoms with E-state index in [1.165, 1.54) is 7.11 Å². The Hall–Kier alpha value is -1.20. The Morgan fingerprint density at radius 3 is 2.79 bits per heavy atom. The number of hydrogen-bond acceptors (Lipinski definition) is 2. The standard InChI is InChI=1S/C9H7IN2O2/c1-14-9(13)8(12-11)6-3-2-4-7(10)5-6/h2-5H,1H3. The first-order chi connectivity index (χ1) is 6.69. The number of esters is 1. The molecule has 1 rings (SSSR count). The average molecular weight is 302 g/mol. The molecule has 72 valence electrons. The molecule has 0 aliphatic carbocycles. The smallest absolute Gasteiger partial charge is 0.422 e. The molecule has 0 unspecified atom stereocenters. The predicted octanol–water partition coefficient (Wildman–Crippen LogP) is 1.48. The van der Waals surface area contributed by atoms with Crippen molar-refractivity contribution < 1.29 is 14.3 Å². The topological polar surface area (TPSA) is 62.7 Å². The van der Waals surface area contributed by atoms with Gasteiger partial charge in [-0.15, -0.1) is 0 Å². The van der Waals surface area contributed by atoms with E-state index in [0.717, 1.165) is 3.57 Å². The van der Waals surface area contributed by atoms with Gasteiger partial charge in [0, 0.05) is 3.57 Å². The lowest BCUT2D eigenvalue weighted by atomic mass is 10.1. The first kappa shape index (κ1) is 10.9. The zero-order valence-corrected chi connectivity index (χ0v) is 9.56. The Bertz CT molecular complexity index is 411. The van der Waals surface area contributed by atoms with Gasteiger partial charge in [-0.1, -0.05) is 6.07 Å². The molecule has 0 heterocycles. The number of halogens is 1. The van der Waals surface area contributed by atoms with Gasteiger partial charge < -0.3 is 10.3 Å². The van der Waals surface area contributed by atoms with Crippen LogP contribution in [0.25, 0.3) is 5.53 Å². The van der Waals surface area contributed by atoms with Gasteiger partial charge in [-0.25, -0.2) is 4.79 Å². The second-order valence-corrected chi connectivity index (χ2v) is 3.70. The molecule has 0 bridgehead atoms. The molecule has 0 saturated heterocycles. The monoisotopic (exact) mass is 302 g/mol. The molecule has 0 aliphatic heterocycles. The zero-order valence-electron chi connectivity index (χ0n) is 7.40. The Kier molecular flexibility index (Phi) is 3.79. The minimum absolute atomic E-state index is 0.0917. The summed E-state index contributed by atoms with van der Waals surface area (Å²) in [5, 5.41) is 0. The highest BCUT2D eigenvalue weighted by Crippen LogP contribution is 2.08. The van der Waals surface area contributed by atoms with Gasteiger partial charge in [0.25, 0.3) is 0 Å². The van der Waals surface area contributed by atoms with Crippen molar-refractivity contribution >= 4 is 34.3 Å². The second kappa shape index (κ2) is 4.88. The van der Waals surface area contributed by atoms with Crippen LogP contribution in [0.3, 0.4) is 0 Å². The molecule has 0 radical (unpaired) electrons. The molecule has 0 aliphatic rings. The van der Waals surface area contributed by atoms with Crippen LogP contribution in [0.1, 0.15) is 5.56 Å². The van der Waals surface area contributed by atoms with E-state index in [9.17, 15) is 4.79 Å². The first-order valence-electron chi connectivity index (χ1n) is 3.75. The van der Waals surface area contributed by atoms with Crippen LogP contribution < -0.4 is 0 Å². The van der Waals surface area contributed by atoms with E-state index in [2.05, 4.69) is 32.1 Å². The van der Waals surface area contributed by atoms with Crippen LogP contribution >= 0.6 is 22.6 Å². The maximum Gasteiger partial charge on any atom is 0.422 e. The molecular formula is C9H7IN2O2. The fourth-order valence-electron chi connectivity index (χ4n) is 0.949. The molecule has 1 aromatic rings. The van der Waals surface area contributed by atoms with Gasteiger partial charge in [0.2, 0.25) is 0 Å². The van der Waals surface area contributed by atoms with Gasteiger partial charge >= 0.3 is 11.7 Å². The highest BCUT2D eigenvalue weighted by molar-refractivity contribution is 14.1. The van der Waals surface area contributed by atoms with Crippen LogP contribution in [0, 0.1) is 3.57 Å². The fourth-order valence-corrected chi connectivity index (χ4v) is 1.49. The Balaban J connectivity index is 3.15. The summed E-state index contributed by atoms with van der Waals surface area (Å²) >= 11 is 2.10. The van der Waals surface area contributed by atoms with Crippen LogP contribution in [0.4, 0.5) is 0 Å². The summed E-state index contributed by atoms with van der Waals surface area (Å²) in [6.45, 7) is 0. The van der Waals surface area contributed by atoms with Gasteiger partial charge in [-0.05, 0) is 40.8 Å². The normalized spacial score (nSPS) is 9.00. The van der Waals surface area contributed by atoms with E-state index in [1.807, 2.05) is 6.07 Å². The minimum Gasteiger partial charge on any atom is -0.460 e. The number of hydrogen-bond donors (Lipinski definition) is 0. The molecule has 4 nitrogen and oxygen atoms in total. The fraction of sp³-hybridized carbons (Fsp3) is 0.111. The lowest BCUT2D eigenvalue weighted by molar-refractivity contribution is -0.137. The molecule has 0 spiro atoms. The first-order valence-corrected chi connectivity index (χ1v) is 4.83. The van der Waals surface area contributed by atoms with Crippen molar-refractivity contribution in [1.82, 2.24) is 0 Å². The molecule has 0 aromatic heterocycles. The van der Waals surface area contributed by atoms with E-state index in [0.29, 0.717) is 5.56 Å². The average Bonchev–Trinajstić information content (AvgIpc) is 2.19. The summed E-state index contributed by atoms with van der Waals surface area (Å²) < 4.78 is 5.41. The van der Waals surface area contributed by atoms with Gasteiger partial charge in [-0.3, -0.25) is 0 Å². The third-order valence-electron chi connectivity index (χ3n) is 1.58. The summed E-state index contributed by atoms with van der Waals surface area (Å²) in [5.41, 5.74) is 9.10. The number of carbonyl (C=O) groups excluding carboxylic acids is 1. The van der Waals surface area contributed by atoms with Crippen molar-refractivity contribution in [1.29, 1.82) is 0 Å². The van der Waals surface area contributed by atoms with E-state index in [4.69, 9.17) is 5.53 Å². The highest BCUT2D eigenvalue weighted by atomic mass is 127. The van der Waals surface area contributed by atoms with Gasteiger partial charge in [0.15, 0.2) is 0 Å². The summed E-state index contributed by atoms with van der Waals surface area (Å²) in [6.07, 6.45) is 0. The molecule has 0 amide bonds. The van der Waals surface area contributed by atoms with Gasteiger partial charge in [0.1, 0.15) is 0 Å². The van der Waals surface area contributed by atoms with Crippen molar-refractivity contribution in [2.45, 2.75) is 0 Å². The molecule has 1 aromatic carbocycles. The maximum atomic E-state index is 11.1. The van der Waals surface area contributed by atoms with Gasteiger partial charge in [0.05, 0.1) is 12.7 Å². The molecule has 0 saturated carbocycles. The quantitative estimate of drug-likeness (QED) is 0.273. The number of benzene rings is 1. The largest absolute Gasteiger partial charge is 0.460 e. The van der Waals surface area contributed by atoms with Crippen molar-refractivity contribution in [3.8, 4) is 0 Å². The molecule has 0 atom stereocenters. The van der Waals surface area contributed by atoms with Crippen LogP contribution in [0.2, 0.25) is 0 Å². The highest BCUT2D eigenvalue weighted by Gasteiger charge is 2.23. The predicted molar refractivity (Wildman–Crippen MR) is 58.9 cm³/mol. The minimum atomic E-state index is -0.658. The summed E-state index contributed by atoms with van der Waals surface area (Å²) in [4.78, 5) is 14.0. The Labute approximate surface area is 94.6 Å². The third kappa shape index (κ3) is 2.40. The van der Waals surface area contributed by atoms with Gasteiger partial charge in [-0.2, -0.15) is 4.79 Å². The number of rotatable bonds is 2. The summed E-state index contributed by atoms with van der Waals surface area (Å²) in [5.74, 6) is -0.658. The third-order valence-corrected chi connectivity index (χ3v) is 2.25. The van der Waals surface area contributed by atoms with Crippen molar-refractivity contribution in [3.05, 3.63) is 38.9 Å². The lowest BCUT2D eigenvalue weighted by Gasteiger charge is -1.95. The maximum absolute atomic E-state index is 11.1. The molecule has 0 N–H and O–H groups in total.